The molecule has 98 valence electrons. The second-order valence-corrected chi connectivity index (χ2v) is 6.02. The van der Waals surface area contributed by atoms with Gasteiger partial charge in [0.1, 0.15) is 0 Å². The Morgan fingerprint density at radius 2 is 1.50 bits per heavy atom. The van der Waals surface area contributed by atoms with Gasteiger partial charge < -0.3 is 5.32 Å². The lowest BCUT2D eigenvalue weighted by Crippen LogP contribution is -2.31. The van der Waals surface area contributed by atoms with E-state index >= 15 is 0 Å². The van der Waals surface area contributed by atoms with Crippen LogP contribution >= 0.6 is 0 Å². The van der Waals surface area contributed by atoms with Crippen molar-refractivity contribution in [1.82, 2.24) is 10.0 Å². The Morgan fingerprint density at radius 3 is 2.12 bits per heavy atom. The van der Waals surface area contributed by atoms with Gasteiger partial charge in [0.05, 0.1) is 6.26 Å². The average Bonchev–Trinajstić information content (AvgIpc) is 2.19. The zero-order valence-electron chi connectivity index (χ0n) is 10.6. The van der Waals surface area contributed by atoms with E-state index in [9.17, 15) is 8.42 Å². The summed E-state index contributed by atoms with van der Waals surface area (Å²) in [6.45, 7) is 4.39. The van der Waals surface area contributed by atoms with Gasteiger partial charge in [-0.15, -0.1) is 0 Å². The zero-order chi connectivity index (χ0) is 12.3. The second kappa shape index (κ2) is 10.1. The summed E-state index contributed by atoms with van der Waals surface area (Å²) in [7, 11) is -3.02. The van der Waals surface area contributed by atoms with Crippen molar-refractivity contribution in [3.05, 3.63) is 0 Å². The van der Waals surface area contributed by atoms with Crippen LogP contribution in [-0.2, 0) is 10.0 Å². The molecular formula is C11H26N2O2S. The molecule has 4 nitrogen and oxygen atoms in total. The summed E-state index contributed by atoms with van der Waals surface area (Å²) in [4.78, 5) is 0. The molecule has 0 aromatic rings. The first-order valence-corrected chi connectivity index (χ1v) is 8.10. The largest absolute Gasteiger partial charge is 0.315 e. The van der Waals surface area contributed by atoms with E-state index in [1.54, 1.807) is 0 Å². The number of hydrogen-bond acceptors (Lipinski definition) is 3. The van der Waals surface area contributed by atoms with Gasteiger partial charge in [0.2, 0.25) is 10.0 Å². The van der Waals surface area contributed by atoms with Crippen LogP contribution in [-0.4, -0.2) is 34.3 Å². The number of hydrogen-bond donors (Lipinski definition) is 2. The highest BCUT2D eigenvalue weighted by Crippen LogP contribution is 2.03. The van der Waals surface area contributed by atoms with Crippen LogP contribution in [0.2, 0.25) is 0 Å². The molecule has 0 heterocycles. The molecule has 0 spiro atoms. The monoisotopic (exact) mass is 250 g/mol. The standard InChI is InChI=1S/C11H26N2O2S/c1-3-4-5-6-7-8-9-12-10-11-13-16(2,14)15/h12-13H,3-11H2,1-2H3. The van der Waals surface area contributed by atoms with Gasteiger partial charge in [0.15, 0.2) is 0 Å². The lowest BCUT2D eigenvalue weighted by atomic mass is 10.1. The molecule has 0 aliphatic heterocycles. The molecule has 0 rings (SSSR count). The summed E-state index contributed by atoms with van der Waals surface area (Å²) in [5.74, 6) is 0. The third kappa shape index (κ3) is 13.9. The Labute approximate surface area is 100 Å². The van der Waals surface area contributed by atoms with Gasteiger partial charge in [-0.2, -0.15) is 0 Å². The quantitative estimate of drug-likeness (QED) is 0.546. The smallest absolute Gasteiger partial charge is 0.208 e. The number of sulfonamides is 1. The van der Waals surface area contributed by atoms with E-state index in [2.05, 4.69) is 17.0 Å². The van der Waals surface area contributed by atoms with E-state index in [1.807, 2.05) is 0 Å². The maximum Gasteiger partial charge on any atom is 0.208 e. The first kappa shape index (κ1) is 15.9. The molecule has 0 fully saturated rings. The molecule has 0 aromatic carbocycles. The molecule has 16 heavy (non-hydrogen) atoms. The van der Waals surface area contributed by atoms with Gasteiger partial charge in [-0.3, -0.25) is 0 Å². The molecule has 0 amide bonds. The molecule has 0 radical (unpaired) electrons. The van der Waals surface area contributed by atoms with E-state index in [4.69, 9.17) is 0 Å². The van der Waals surface area contributed by atoms with Gasteiger partial charge in [-0.05, 0) is 13.0 Å². The highest BCUT2D eigenvalue weighted by Gasteiger charge is 1.97. The fraction of sp³-hybridized carbons (Fsp3) is 1.00. The molecule has 2 N–H and O–H groups in total. The molecule has 0 aliphatic rings. The van der Waals surface area contributed by atoms with Gasteiger partial charge >= 0.3 is 0 Å². The topological polar surface area (TPSA) is 58.2 Å². The van der Waals surface area contributed by atoms with E-state index in [0.29, 0.717) is 13.1 Å². The first-order chi connectivity index (χ1) is 7.56. The first-order valence-electron chi connectivity index (χ1n) is 6.21. The highest BCUT2D eigenvalue weighted by molar-refractivity contribution is 7.88. The molecule has 0 bridgehead atoms. The Kier molecular flexibility index (Phi) is 9.97. The molecule has 5 heteroatoms. The maximum absolute atomic E-state index is 10.7. The van der Waals surface area contributed by atoms with Crippen molar-refractivity contribution in [2.45, 2.75) is 45.4 Å². The lowest BCUT2D eigenvalue weighted by molar-refractivity contribution is 0.562. The van der Waals surface area contributed by atoms with Gasteiger partial charge in [-0.25, -0.2) is 13.1 Å². The van der Waals surface area contributed by atoms with E-state index in [-0.39, 0.29) is 0 Å². The van der Waals surface area contributed by atoms with Crippen molar-refractivity contribution in [3.8, 4) is 0 Å². The van der Waals surface area contributed by atoms with Crippen LogP contribution in [0, 0.1) is 0 Å². The van der Waals surface area contributed by atoms with Crippen LogP contribution in [0.15, 0.2) is 0 Å². The minimum absolute atomic E-state index is 0.481. The summed E-state index contributed by atoms with van der Waals surface area (Å²) in [5.41, 5.74) is 0. The van der Waals surface area contributed by atoms with Crippen molar-refractivity contribution < 1.29 is 8.42 Å². The summed E-state index contributed by atoms with van der Waals surface area (Å²) in [5, 5.41) is 3.22. The van der Waals surface area contributed by atoms with Gasteiger partial charge in [0.25, 0.3) is 0 Å². The molecule has 0 atom stereocenters. The minimum atomic E-state index is -3.02. The molecule has 0 aliphatic carbocycles. The third-order valence-corrected chi connectivity index (χ3v) is 3.10. The van der Waals surface area contributed by atoms with Crippen LogP contribution < -0.4 is 10.0 Å². The van der Waals surface area contributed by atoms with Crippen molar-refractivity contribution in [3.63, 3.8) is 0 Å². The van der Waals surface area contributed by atoms with E-state index in [0.717, 1.165) is 6.54 Å². The van der Waals surface area contributed by atoms with Crippen molar-refractivity contribution in [2.24, 2.45) is 0 Å². The van der Waals surface area contributed by atoms with Gasteiger partial charge in [0, 0.05) is 13.1 Å². The normalized spacial score (nSPS) is 11.9. The van der Waals surface area contributed by atoms with Crippen molar-refractivity contribution in [2.75, 3.05) is 25.9 Å². The average molecular weight is 250 g/mol. The summed E-state index contributed by atoms with van der Waals surface area (Å²) in [6, 6.07) is 0. The number of rotatable bonds is 11. The van der Waals surface area contributed by atoms with Crippen LogP contribution in [0.1, 0.15) is 45.4 Å². The Bertz CT molecular complexity index is 240. The Morgan fingerprint density at radius 1 is 0.875 bits per heavy atom. The number of unbranched alkanes of at least 4 members (excludes halogenated alkanes) is 5. The predicted molar refractivity (Wildman–Crippen MR) is 69.1 cm³/mol. The van der Waals surface area contributed by atoms with Gasteiger partial charge in [-0.1, -0.05) is 39.0 Å². The Balaban J connectivity index is 3.05. The summed E-state index contributed by atoms with van der Waals surface area (Å²) >= 11 is 0. The molecule has 0 saturated carbocycles. The molecule has 0 unspecified atom stereocenters. The van der Waals surface area contributed by atoms with Crippen LogP contribution in [0.25, 0.3) is 0 Å². The van der Waals surface area contributed by atoms with E-state index < -0.39 is 10.0 Å². The second-order valence-electron chi connectivity index (χ2n) is 4.18. The number of nitrogens with one attached hydrogen (secondary N) is 2. The van der Waals surface area contributed by atoms with Crippen LogP contribution in [0.5, 0.6) is 0 Å². The van der Waals surface area contributed by atoms with Crippen LogP contribution in [0.4, 0.5) is 0 Å². The van der Waals surface area contributed by atoms with E-state index in [1.165, 1.54) is 44.8 Å². The minimum Gasteiger partial charge on any atom is -0.315 e. The Hall–Kier alpha value is -0.130. The highest BCUT2D eigenvalue weighted by atomic mass is 32.2. The maximum atomic E-state index is 10.7. The predicted octanol–water partition coefficient (Wildman–Crippen LogP) is 1.49. The fourth-order valence-electron chi connectivity index (χ4n) is 1.48. The molecular weight excluding hydrogens is 224 g/mol. The van der Waals surface area contributed by atoms with Crippen molar-refractivity contribution >= 4 is 10.0 Å². The lowest BCUT2D eigenvalue weighted by Gasteiger charge is -2.05. The fourth-order valence-corrected chi connectivity index (χ4v) is 1.95. The summed E-state index contributed by atoms with van der Waals surface area (Å²) in [6.07, 6.45) is 8.92. The zero-order valence-corrected chi connectivity index (χ0v) is 11.4. The molecule has 0 aromatic heterocycles. The summed E-state index contributed by atoms with van der Waals surface area (Å²) < 4.78 is 23.9. The third-order valence-electron chi connectivity index (χ3n) is 2.37. The SMILES string of the molecule is CCCCCCCCNCCNS(C)(=O)=O. The van der Waals surface area contributed by atoms with Crippen LogP contribution in [0.3, 0.4) is 0 Å². The molecule has 0 saturated heterocycles. The van der Waals surface area contributed by atoms with Crippen molar-refractivity contribution in [1.29, 1.82) is 0 Å².